The second-order valence-corrected chi connectivity index (χ2v) is 6.24. The first kappa shape index (κ1) is 15.4. The Morgan fingerprint density at radius 1 is 1.07 bits per heavy atom. The summed E-state index contributed by atoms with van der Waals surface area (Å²) in [6.45, 7) is 0.478. The van der Waals surface area contributed by atoms with Gasteiger partial charge in [0.2, 0.25) is 0 Å². The van der Waals surface area contributed by atoms with Crippen LogP contribution in [0.4, 0.5) is 5.82 Å². The second-order valence-electron chi connectivity index (χ2n) is 6.24. The number of anilines is 1. The van der Waals surface area contributed by atoms with Gasteiger partial charge in [-0.05, 0) is 11.6 Å². The Labute approximate surface area is 154 Å². The lowest BCUT2D eigenvalue weighted by atomic mass is 10.0. The molecule has 5 rings (SSSR count). The number of benzene rings is 1. The molecule has 0 saturated carbocycles. The van der Waals surface area contributed by atoms with E-state index in [1.807, 2.05) is 61.7 Å². The number of nitrogens with zero attached hydrogens (tertiary/aromatic N) is 7. The molecule has 0 atom stereocenters. The Hall–Kier alpha value is -3.81. The van der Waals surface area contributed by atoms with E-state index in [0.717, 1.165) is 22.5 Å². The van der Waals surface area contributed by atoms with Crippen molar-refractivity contribution in [3.63, 3.8) is 0 Å². The van der Waals surface area contributed by atoms with E-state index in [-0.39, 0.29) is 0 Å². The summed E-state index contributed by atoms with van der Waals surface area (Å²) in [5, 5.41) is 21.1. The van der Waals surface area contributed by atoms with Crippen LogP contribution in [0.2, 0.25) is 0 Å². The largest absolute Gasteiger partial charge is 0.361 e. The molecule has 1 aliphatic carbocycles. The van der Waals surface area contributed by atoms with Crippen molar-refractivity contribution < 1.29 is 0 Å². The lowest BCUT2D eigenvalue weighted by Gasteiger charge is -2.14. The van der Waals surface area contributed by atoms with Crippen LogP contribution < -0.4 is 5.32 Å². The molecular weight excluding hydrogens is 340 g/mol. The first-order valence-corrected chi connectivity index (χ1v) is 8.57. The summed E-state index contributed by atoms with van der Waals surface area (Å²) < 4.78 is 3.44. The van der Waals surface area contributed by atoms with Crippen LogP contribution in [0.25, 0.3) is 22.6 Å². The third kappa shape index (κ3) is 2.77. The summed E-state index contributed by atoms with van der Waals surface area (Å²) in [7, 11) is 1.85. The van der Waals surface area contributed by atoms with Crippen LogP contribution in [-0.2, 0) is 13.6 Å². The Morgan fingerprint density at radius 3 is 2.63 bits per heavy atom. The van der Waals surface area contributed by atoms with Gasteiger partial charge in [0.1, 0.15) is 6.33 Å². The maximum absolute atomic E-state index is 4.78. The molecule has 1 aromatic carbocycles. The quantitative estimate of drug-likeness (QED) is 0.591. The molecule has 3 heterocycles. The van der Waals surface area contributed by atoms with Crippen molar-refractivity contribution in [2.45, 2.75) is 6.54 Å². The lowest BCUT2D eigenvalue weighted by Crippen LogP contribution is -2.10. The van der Waals surface area contributed by atoms with E-state index >= 15 is 0 Å². The third-order valence-electron chi connectivity index (χ3n) is 4.35. The van der Waals surface area contributed by atoms with Gasteiger partial charge in [0.25, 0.3) is 0 Å². The van der Waals surface area contributed by atoms with Crippen LogP contribution in [0, 0.1) is 0 Å². The molecule has 8 heteroatoms. The fraction of sp³-hybridized carbons (Fsp3) is 0.105. The van der Waals surface area contributed by atoms with Crippen molar-refractivity contribution in [1.82, 2.24) is 34.6 Å². The molecule has 3 aromatic heterocycles. The second kappa shape index (κ2) is 6.17. The van der Waals surface area contributed by atoms with E-state index in [1.165, 1.54) is 0 Å². The Kier molecular flexibility index (Phi) is 3.53. The van der Waals surface area contributed by atoms with Crippen LogP contribution in [-0.4, -0.2) is 34.6 Å². The molecule has 0 fully saturated rings. The Bertz CT molecular complexity index is 1180. The SMILES string of the molecule is Cn1cnc(CNc2nn3c(-c4ccccc4)nnc3cc2C2=CC=C2)n1. The van der Waals surface area contributed by atoms with Gasteiger partial charge in [-0.25, -0.2) is 4.98 Å². The van der Waals surface area contributed by atoms with E-state index in [9.17, 15) is 0 Å². The zero-order valence-corrected chi connectivity index (χ0v) is 14.6. The first-order chi connectivity index (χ1) is 13.3. The van der Waals surface area contributed by atoms with Gasteiger partial charge in [0, 0.05) is 18.2 Å². The standard InChI is InChI=1S/C19H16N8/c1-26-12-21-16(24-26)11-20-18-15(13-8-5-9-13)10-17-22-23-19(27(17)25-18)14-6-3-2-4-7-14/h2-10,12H,11H2,1H3,(H,20,25). The van der Waals surface area contributed by atoms with Crippen LogP contribution in [0.1, 0.15) is 11.4 Å². The molecule has 27 heavy (non-hydrogen) atoms. The van der Waals surface area contributed by atoms with Gasteiger partial charge in [-0.2, -0.15) is 9.61 Å². The van der Waals surface area contributed by atoms with E-state index < -0.39 is 0 Å². The van der Waals surface area contributed by atoms with Gasteiger partial charge in [-0.3, -0.25) is 4.68 Å². The highest BCUT2D eigenvalue weighted by molar-refractivity contribution is 5.87. The summed E-state index contributed by atoms with van der Waals surface area (Å²) in [5.41, 5.74) is 3.75. The van der Waals surface area contributed by atoms with E-state index in [1.54, 1.807) is 15.5 Å². The number of aryl methyl sites for hydroxylation is 1. The van der Waals surface area contributed by atoms with Crippen molar-refractivity contribution in [1.29, 1.82) is 0 Å². The topological polar surface area (TPSA) is 85.8 Å². The summed E-state index contributed by atoms with van der Waals surface area (Å²) >= 11 is 0. The summed E-state index contributed by atoms with van der Waals surface area (Å²) in [4.78, 5) is 4.26. The summed E-state index contributed by atoms with van der Waals surface area (Å²) in [5.74, 6) is 2.15. The fourth-order valence-electron chi connectivity index (χ4n) is 2.95. The highest BCUT2D eigenvalue weighted by Gasteiger charge is 2.17. The monoisotopic (exact) mass is 356 g/mol. The van der Waals surface area contributed by atoms with Gasteiger partial charge in [-0.1, -0.05) is 48.6 Å². The van der Waals surface area contributed by atoms with Gasteiger partial charge in [0.05, 0.1) is 6.54 Å². The molecule has 0 saturated heterocycles. The minimum absolute atomic E-state index is 0.478. The predicted molar refractivity (Wildman–Crippen MR) is 102 cm³/mol. The number of aromatic nitrogens is 7. The summed E-state index contributed by atoms with van der Waals surface area (Å²) in [6, 6.07) is 11.9. The number of rotatable bonds is 5. The highest BCUT2D eigenvalue weighted by atomic mass is 15.4. The molecule has 0 aliphatic heterocycles. The van der Waals surface area contributed by atoms with Crippen LogP contribution >= 0.6 is 0 Å². The zero-order chi connectivity index (χ0) is 18.2. The third-order valence-corrected chi connectivity index (χ3v) is 4.35. The van der Waals surface area contributed by atoms with Crippen LogP contribution in [0.15, 0.2) is 61.0 Å². The average molecular weight is 356 g/mol. The molecule has 1 N–H and O–H groups in total. The number of hydrogen-bond acceptors (Lipinski definition) is 6. The number of fused-ring (bicyclic) bond motifs is 1. The normalized spacial score (nSPS) is 12.9. The molecule has 8 nitrogen and oxygen atoms in total. The van der Waals surface area contributed by atoms with Gasteiger partial charge in [0.15, 0.2) is 23.1 Å². The number of hydrogen-bond donors (Lipinski definition) is 1. The molecule has 0 bridgehead atoms. The van der Waals surface area contributed by atoms with Crippen molar-refractivity contribution in [3.05, 3.63) is 72.3 Å². The van der Waals surface area contributed by atoms with Gasteiger partial charge in [-0.15, -0.1) is 15.3 Å². The van der Waals surface area contributed by atoms with E-state index in [0.29, 0.717) is 23.8 Å². The maximum Gasteiger partial charge on any atom is 0.185 e. The molecule has 0 amide bonds. The van der Waals surface area contributed by atoms with Crippen LogP contribution in [0.3, 0.4) is 0 Å². The molecule has 0 unspecified atom stereocenters. The summed E-state index contributed by atoms with van der Waals surface area (Å²) in [6.07, 6.45) is 7.78. The molecule has 4 aromatic rings. The predicted octanol–water partition coefficient (Wildman–Crippen LogP) is 2.49. The molecule has 0 spiro atoms. The van der Waals surface area contributed by atoms with Crippen molar-refractivity contribution in [2.24, 2.45) is 7.05 Å². The average Bonchev–Trinajstić information content (AvgIpc) is 3.25. The number of allylic oxidation sites excluding steroid dienone is 4. The Morgan fingerprint density at radius 2 is 1.93 bits per heavy atom. The van der Waals surface area contributed by atoms with Crippen LogP contribution in [0.5, 0.6) is 0 Å². The first-order valence-electron chi connectivity index (χ1n) is 8.57. The van der Waals surface area contributed by atoms with Crippen molar-refractivity contribution in [2.75, 3.05) is 5.32 Å². The molecule has 132 valence electrons. The van der Waals surface area contributed by atoms with Crippen molar-refractivity contribution >= 4 is 17.0 Å². The van der Waals surface area contributed by atoms with E-state index in [2.05, 4.69) is 25.6 Å². The van der Waals surface area contributed by atoms with Gasteiger partial charge < -0.3 is 5.32 Å². The smallest absolute Gasteiger partial charge is 0.185 e. The zero-order valence-electron chi connectivity index (χ0n) is 14.6. The van der Waals surface area contributed by atoms with E-state index in [4.69, 9.17) is 5.10 Å². The minimum atomic E-state index is 0.478. The Balaban J connectivity index is 1.58. The van der Waals surface area contributed by atoms with Gasteiger partial charge >= 0.3 is 0 Å². The van der Waals surface area contributed by atoms with Crippen molar-refractivity contribution in [3.8, 4) is 11.4 Å². The molecule has 0 radical (unpaired) electrons. The maximum atomic E-state index is 4.78. The highest BCUT2D eigenvalue weighted by Crippen LogP contribution is 2.29. The lowest BCUT2D eigenvalue weighted by molar-refractivity contribution is 0.746. The number of nitrogens with one attached hydrogen (secondary N) is 1. The minimum Gasteiger partial charge on any atom is -0.361 e. The molecule has 1 aliphatic rings. The fourth-order valence-corrected chi connectivity index (χ4v) is 2.95. The molecular formula is C19H16N8.